The lowest BCUT2D eigenvalue weighted by atomic mass is 9.85. The molecule has 0 aromatic heterocycles. The normalized spacial score (nSPS) is 14.0. The van der Waals surface area contributed by atoms with Crippen molar-refractivity contribution in [2.45, 2.75) is 19.6 Å². The number of imide groups is 2. The predicted octanol–water partition coefficient (Wildman–Crippen LogP) is 14.8. The third kappa shape index (κ3) is 10.9. The lowest BCUT2D eigenvalue weighted by Crippen LogP contribution is -2.43. The zero-order valence-corrected chi connectivity index (χ0v) is 52.4. The maximum absolute atomic E-state index is 14.2. The second-order valence-electron chi connectivity index (χ2n) is 22.7. The summed E-state index contributed by atoms with van der Waals surface area (Å²) in [5.41, 5.74) is 2.20. The molecule has 6 amide bonds. The standard InChI is InChI=1S/C50H28N2O10S2.C20H12.2C3H7NO/c53-47-41-23-25-43-46-44-26-24-42(45(41)46)48(54)51(47)31-3-1-5-35(27-31)61-33-11-19-39(20-12-33)63(57,58)37-15-7-29(8-16-37)30-9-17-38(18-10-30)64(59,60)40-21-13-34(14-22-40)62-36-6-2-4-32(28-36)52(49(43)55)50(44)56;1-5-13-6-2-11-17-18-12-4-8-14-7-3-10-16(20(14)18)15(9-1)19(13)17;2*1-4(2)3-5/h1-28H;1-12H;2*3H,1-2H3. The Morgan fingerprint density at radius 3 is 0.862 bits per heavy atom. The van der Waals surface area contributed by atoms with Gasteiger partial charge in [-0.05, 0) is 176 Å². The van der Waals surface area contributed by atoms with E-state index < -0.39 is 43.3 Å². The highest BCUT2D eigenvalue weighted by Gasteiger charge is 2.41. The number of ether oxygens (including phenoxy) is 2. The molecule has 31 rings (SSSR count). The number of hydrogen-bond acceptors (Lipinski definition) is 12. The van der Waals surface area contributed by atoms with Gasteiger partial charge in [0, 0.05) is 73.3 Å². The van der Waals surface area contributed by atoms with Crippen molar-refractivity contribution in [1.82, 2.24) is 9.80 Å². The van der Waals surface area contributed by atoms with E-state index in [0.29, 0.717) is 11.1 Å². The molecule has 0 fully saturated rings. The van der Waals surface area contributed by atoms with Gasteiger partial charge in [0.25, 0.3) is 23.6 Å². The Morgan fingerprint density at radius 1 is 0.319 bits per heavy atom. The first-order chi connectivity index (χ1) is 45.3. The lowest BCUT2D eigenvalue weighted by molar-refractivity contribution is -0.116. The van der Waals surface area contributed by atoms with E-state index >= 15 is 0 Å². The molecular formula is C76H54N4O12S2. The second-order valence-corrected chi connectivity index (χ2v) is 26.6. The summed E-state index contributed by atoms with van der Waals surface area (Å²) in [6.45, 7) is 0. The molecule has 94 heavy (non-hydrogen) atoms. The van der Waals surface area contributed by atoms with Gasteiger partial charge in [-0.3, -0.25) is 28.8 Å². The number of carbonyl (C=O) groups is 6. The molecule has 16 nitrogen and oxygen atoms in total. The van der Waals surface area contributed by atoms with Crippen molar-refractivity contribution in [2.75, 3.05) is 38.0 Å². The van der Waals surface area contributed by atoms with Gasteiger partial charge in [-0.25, -0.2) is 26.6 Å². The average molecular weight is 1280 g/mol. The number of fused-ring (bicyclic) bond motifs is 2. The first-order valence-electron chi connectivity index (χ1n) is 29.5. The van der Waals surface area contributed by atoms with Crippen molar-refractivity contribution in [1.29, 1.82) is 0 Å². The summed E-state index contributed by atoms with van der Waals surface area (Å²) in [5.74, 6) is -1.60. The van der Waals surface area contributed by atoms with Crippen LogP contribution in [0.2, 0.25) is 0 Å². The van der Waals surface area contributed by atoms with Gasteiger partial charge in [0.1, 0.15) is 23.0 Å². The Kier molecular flexibility index (Phi) is 15.8. The van der Waals surface area contributed by atoms with Crippen molar-refractivity contribution in [2.24, 2.45) is 0 Å². The molecule has 18 aliphatic heterocycles. The minimum Gasteiger partial charge on any atom is -0.457 e. The summed E-state index contributed by atoms with van der Waals surface area (Å²) in [6, 6.07) is 69.0. The van der Waals surface area contributed by atoms with E-state index in [4.69, 9.17) is 9.47 Å². The van der Waals surface area contributed by atoms with Crippen LogP contribution in [0.3, 0.4) is 0 Å². The number of hydrogen-bond donors (Lipinski definition) is 0. The lowest BCUT2D eigenvalue weighted by Gasteiger charge is -2.32. The average Bonchev–Trinajstić information content (AvgIpc) is 0.710. The molecule has 18 heterocycles. The van der Waals surface area contributed by atoms with Gasteiger partial charge >= 0.3 is 0 Å². The first kappa shape index (κ1) is 61.0. The fourth-order valence-corrected chi connectivity index (χ4v) is 14.4. The topological polar surface area (TPSA) is 202 Å². The SMILES string of the molecule is CN(C)C=O.CN(C)C=O.O=C1c2ccc3c4c5ccc(c24)C(=O)N1c1cccc(c1)Oc1ccc(cc1)S(=O)(=O)c1ccc(cc1)-c1ccc(cc1)S(=O)(=O)c1ccc(cc1)Oc1cccc(c1)N(C3=O)C5=O.c1cc2cccc3c4cccc5cccc(c(c1)c23)c54. The Balaban J connectivity index is 0.000000218. The van der Waals surface area contributed by atoms with E-state index in [2.05, 4.69) is 72.8 Å². The maximum atomic E-state index is 14.2. The van der Waals surface area contributed by atoms with E-state index in [-0.39, 0.29) is 87.0 Å². The van der Waals surface area contributed by atoms with Crippen LogP contribution in [0.4, 0.5) is 11.4 Å². The van der Waals surface area contributed by atoms with Crippen LogP contribution in [0.1, 0.15) is 41.4 Å². The minimum absolute atomic E-state index is 0.0148. The van der Waals surface area contributed by atoms with Crippen LogP contribution in [0.5, 0.6) is 23.0 Å². The molecule has 0 saturated heterocycles. The molecule has 18 aliphatic rings. The van der Waals surface area contributed by atoms with Crippen LogP contribution >= 0.6 is 0 Å². The van der Waals surface area contributed by atoms with Gasteiger partial charge in [0.2, 0.25) is 32.5 Å². The molecule has 13 aromatic rings. The first-order valence-corrected chi connectivity index (χ1v) is 32.4. The number of rotatable bonds is 2. The van der Waals surface area contributed by atoms with Crippen LogP contribution < -0.4 is 19.3 Å². The van der Waals surface area contributed by atoms with Crippen LogP contribution in [-0.4, -0.2) is 91.3 Å². The fourth-order valence-electron chi connectivity index (χ4n) is 11.9. The predicted molar refractivity (Wildman–Crippen MR) is 362 cm³/mol. The molecular weight excluding hydrogens is 1220 g/mol. The van der Waals surface area contributed by atoms with E-state index in [9.17, 15) is 45.6 Å². The molecule has 13 aromatic carbocycles. The molecule has 0 spiro atoms. The van der Waals surface area contributed by atoms with Crippen molar-refractivity contribution in [3.05, 3.63) is 265 Å². The number of nitrogens with zero attached hydrogens (tertiary/aromatic N) is 4. The number of benzene rings is 13. The Morgan fingerprint density at radius 2 is 0.585 bits per heavy atom. The van der Waals surface area contributed by atoms with Crippen molar-refractivity contribution < 1.29 is 55.1 Å². The number of sulfone groups is 2. The largest absolute Gasteiger partial charge is 0.457 e. The third-order valence-electron chi connectivity index (χ3n) is 16.3. The molecule has 462 valence electrons. The zero-order chi connectivity index (χ0) is 65.7. The minimum atomic E-state index is -3.95. The zero-order valence-electron chi connectivity index (χ0n) is 50.8. The number of amides is 6. The van der Waals surface area contributed by atoms with E-state index in [1.54, 1.807) is 88.9 Å². The molecule has 0 unspecified atom stereocenters. The van der Waals surface area contributed by atoms with Gasteiger partial charge in [-0.1, -0.05) is 109 Å². The van der Waals surface area contributed by atoms with Crippen molar-refractivity contribution in [3.63, 3.8) is 0 Å². The van der Waals surface area contributed by atoms with Gasteiger partial charge in [0.15, 0.2) is 0 Å². The number of carbonyl (C=O) groups excluding carboxylic acids is 6. The fraction of sp³-hybridized carbons (Fsp3) is 0.0526. The summed E-state index contributed by atoms with van der Waals surface area (Å²) in [7, 11) is -1.16. The highest BCUT2D eigenvalue weighted by atomic mass is 32.2. The van der Waals surface area contributed by atoms with Gasteiger partial charge in [0.05, 0.1) is 31.0 Å². The van der Waals surface area contributed by atoms with E-state index in [1.807, 2.05) is 0 Å². The van der Waals surface area contributed by atoms with Crippen LogP contribution in [0.25, 0.3) is 65.0 Å². The van der Waals surface area contributed by atoms with E-state index in [1.165, 1.54) is 162 Å². The molecule has 20 bridgehead atoms. The molecule has 0 N–H and O–H groups in total. The Bertz CT molecular complexity index is 5000. The molecule has 0 aliphatic carbocycles. The van der Waals surface area contributed by atoms with Gasteiger partial charge in [-0.15, -0.1) is 0 Å². The quantitative estimate of drug-likeness (QED) is 0.0687. The van der Waals surface area contributed by atoms with Crippen molar-refractivity contribution >= 4 is 121 Å². The maximum Gasteiger partial charge on any atom is 0.265 e. The Hall–Kier alpha value is -11.9. The summed E-state index contributed by atoms with van der Waals surface area (Å²) >= 11 is 0. The monoisotopic (exact) mass is 1280 g/mol. The number of anilines is 2. The summed E-state index contributed by atoms with van der Waals surface area (Å²) in [4.78, 5) is 80.8. The summed E-state index contributed by atoms with van der Waals surface area (Å²) in [6.07, 6.45) is 1.50. The molecule has 0 radical (unpaired) electrons. The van der Waals surface area contributed by atoms with E-state index in [0.717, 1.165) is 22.6 Å². The molecule has 0 saturated carbocycles. The highest BCUT2D eigenvalue weighted by molar-refractivity contribution is 7.91. The second kappa shape index (κ2) is 24.4. The van der Waals surface area contributed by atoms with Crippen LogP contribution in [0.15, 0.2) is 262 Å². The highest BCUT2D eigenvalue weighted by Crippen LogP contribution is 2.43. The third-order valence-corrected chi connectivity index (χ3v) is 19.8. The smallest absolute Gasteiger partial charge is 0.265 e. The van der Waals surface area contributed by atoms with Gasteiger partial charge < -0.3 is 19.3 Å². The molecule has 18 heteroatoms. The summed E-state index contributed by atoms with van der Waals surface area (Å²) < 4.78 is 66.8. The Labute approximate surface area is 539 Å². The molecule has 0 atom stereocenters. The van der Waals surface area contributed by atoms with Crippen LogP contribution in [-0.2, 0) is 29.3 Å². The van der Waals surface area contributed by atoms with Crippen LogP contribution in [0, 0.1) is 0 Å². The van der Waals surface area contributed by atoms with Gasteiger partial charge in [-0.2, -0.15) is 0 Å². The van der Waals surface area contributed by atoms with Crippen molar-refractivity contribution in [3.8, 4) is 34.1 Å². The summed E-state index contributed by atoms with van der Waals surface area (Å²) in [5, 5.41) is 11.3.